The maximum Gasteiger partial charge on any atom is 0.310 e. The standard InChI is InChI=1S/C29H46O7.C4H11NO3/c1-15-8-9-28(24(34)35)11-10-26(4)17(21(28)16(15)2)6-7-20-25(3)12-19(32)23(33)29(36,14-30)22(25)18(31)13-27(20,26)5;5-4(1-6,2-7)3-8/h6,15-16,18-23,30-33,36H,7-14H2,1-5H3,(H,34,35);6-8H,1-3,5H2. The summed E-state index contributed by atoms with van der Waals surface area (Å²) in [5.41, 5.74) is 0.979. The summed E-state index contributed by atoms with van der Waals surface area (Å²) in [6.07, 6.45) is 2.81. The molecule has 0 aliphatic heterocycles. The molecule has 0 heterocycles. The van der Waals surface area contributed by atoms with E-state index in [2.05, 4.69) is 33.8 Å². The molecule has 11 N–H and O–H groups in total. The van der Waals surface area contributed by atoms with Crippen LogP contribution in [-0.2, 0) is 4.79 Å². The van der Waals surface area contributed by atoms with Crippen molar-refractivity contribution in [3.05, 3.63) is 11.6 Å². The van der Waals surface area contributed by atoms with Crippen LogP contribution in [0.15, 0.2) is 11.6 Å². The van der Waals surface area contributed by atoms with Gasteiger partial charge in [-0.3, -0.25) is 4.79 Å². The smallest absolute Gasteiger partial charge is 0.310 e. The summed E-state index contributed by atoms with van der Waals surface area (Å²) in [6.45, 7) is 8.97. The van der Waals surface area contributed by atoms with Gasteiger partial charge in [0.05, 0.1) is 49.6 Å². The second kappa shape index (κ2) is 11.8. The quantitative estimate of drug-likeness (QED) is 0.188. The summed E-state index contributed by atoms with van der Waals surface area (Å²) < 4.78 is 0. The molecule has 0 spiro atoms. The van der Waals surface area contributed by atoms with E-state index in [0.717, 1.165) is 12.8 Å². The van der Waals surface area contributed by atoms with E-state index in [1.807, 2.05) is 6.92 Å². The van der Waals surface area contributed by atoms with Gasteiger partial charge in [0.1, 0.15) is 11.7 Å². The van der Waals surface area contributed by atoms with Crippen LogP contribution in [0, 0.1) is 51.2 Å². The van der Waals surface area contributed by atoms with E-state index in [0.29, 0.717) is 31.6 Å². The Morgan fingerprint density at radius 2 is 1.55 bits per heavy atom. The van der Waals surface area contributed by atoms with Crippen LogP contribution in [0.25, 0.3) is 0 Å². The van der Waals surface area contributed by atoms with Crippen LogP contribution < -0.4 is 5.73 Å². The number of aliphatic carboxylic acids is 1. The molecule has 11 heteroatoms. The molecule has 0 saturated heterocycles. The monoisotopic (exact) mass is 627 g/mol. The lowest BCUT2D eigenvalue weighted by Gasteiger charge is -2.72. The molecule has 4 saturated carbocycles. The van der Waals surface area contributed by atoms with Crippen molar-refractivity contribution in [2.45, 2.75) is 109 Å². The summed E-state index contributed by atoms with van der Waals surface area (Å²) in [5.74, 6) is -0.851. The van der Waals surface area contributed by atoms with E-state index >= 15 is 0 Å². The van der Waals surface area contributed by atoms with Crippen molar-refractivity contribution in [2.24, 2.45) is 57.0 Å². The Bertz CT molecular complexity index is 1110. The van der Waals surface area contributed by atoms with Crippen LogP contribution in [0.4, 0.5) is 0 Å². The Morgan fingerprint density at radius 1 is 0.955 bits per heavy atom. The van der Waals surface area contributed by atoms with Crippen molar-refractivity contribution in [3.8, 4) is 0 Å². The highest BCUT2D eigenvalue weighted by atomic mass is 16.4. The Morgan fingerprint density at radius 3 is 2.05 bits per heavy atom. The second-order valence-electron chi connectivity index (χ2n) is 16.0. The van der Waals surface area contributed by atoms with Crippen molar-refractivity contribution in [2.75, 3.05) is 26.4 Å². The van der Waals surface area contributed by atoms with E-state index in [1.165, 1.54) is 5.57 Å². The van der Waals surface area contributed by atoms with Gasteiger partial charge in [0.2, 0.25) is 0 Å². The molecule has 254 valence electrons. The topological polar surface area (TPSA) is 225 Å². The van der Waals surface area contributed by atoms with Gasteiger partial charge in [0.25, 0.3) is 0 Å². The molecule has 13 atom stereocenters. The van der Waals surface area contributed by atoms with Crippen molar-refractivity contribution in [1.82, 2.24) is 0 Å². The maximum atomic E-state index is 12.8. The number of carboxylic acid groups (broad SMARTS) is 1. The molecule has 5 rings (SSSR count). The van der Waals surface area contributed by atoms with Crippen LogP contribution in [0.2, 0.25) is 0 Å². The molecule has 13 unspecified atom stereocenters. The first-order valence-corrected chi connectivity index (χ1v) is 16.3. The average Bonchev–Trinajstić information content (AvgIpc) is 2.97. The number of fused-ring (bicyclic) bond motifs is 7. The van der Waals surface area contributed by atoms with Gasteiger partial charge in [0, 0.05) is 5.92 Å². The lowest BCUT2D eigenvalue weighted by atomic mass is 9.33. The van der Waals surface area contributed by atoms with Gasteiger partial charge in [0.15, 0.2) is 0 Å². The molecular formula is C33H57NO10. The van der Waals surface area contributed by atoms with Crippen LogP contribution in [-0.4, -0.2) is 108 Å². The van der Waals surface area contributed by atoms with E-state index in [4.69, 9.17) is 21.1 Å². The first kappa shape index (κ1) is 35.7. The van der Waals surface area contributed by atoms with Gasteiger partial charge in [-0.25, -0.2) is 0 Å². The van der Waals surface area contributed by atoms with Gasteiger partial charge in [-0.15, -0.1) is 0 Å². The number of carboxylic acids is 1. The molecule has 44 heavy (non-hydrogen) atoms. The average molecular weight is 628 g/mol. The van der Waals surface area contributed by atoms with Gasteiger partial charge in [-0.1, -0.05) is 46.3 Å². The molecule has 5 aliphatic rings. The van der Waals surface area contributed by atoms with Crippen LogP contribution >= 0.6 is 0 Å². The zero-order valence-corrected chi connectivity index (χ0v) is 27.0. The minimum atomic E-state index is -1.99. The summed E-state index contributed by atoms with van der Waals surface area (Å²) in [4.78, 5) is 12.8. The van der Waals surface area contributed by atoms with E-state index in [-0.39, 0.29) is 29.6 Å². The molecule has 5 aliphatic carbocycles. The third-order valence-corrected chi connectivity index (χ3v) is 13.9. The maximum absolute atomic E-state index is 12.8. The van der Waals surface area contributed by atoms with Gasteiger partial charge >= 0.3 is 5.97 Å². The zero-order valence-electron chi connectivity index (χ0n) is 27.0. The lowest BCUT2D eigenvalue weighted by molar-refractivity contribution is -0.300. The predicted octanol–water partition coefficient (Wildman–Crippen LogP) is 0.389. The summed E-state index contributed by atoms with van der Waals surface area (Å²) in [5, 5.41) is 90.3. The van der Waals surface area contributed by atoms with Gasteiger partial charge in [-0.05, 0) is 84.9 Å². The minimum Gasteiger partial charge on any atom is -0.481 e. The number of aliphatic hydroxyl groups is 8. The molecule has 0 aromatic carbocycles. The number of hydrogen-bond donors (Lipinski definition) is 10. The molecule has 0 bridgehead atoms. The Hall–Kier alpha value is -1.15. The fraction of sp³-hybridized carbons (Fsp3) is 0.909. The Kier molecular flexibility index (Phi) is 9.59. The molecular weight excluding hydrogens is 570 g/mol. The molecule has 4 fully saturated rings. The molecule has 0 aromatic rings. The van der Waals surface area contributed by atoms with Gasteiger partial charge in [-0.2, -0.15) is 0 Å². The second-order valence-corrected chi connectivity index (χ2v) is 16.0. The highest BCUT2D eigenvalue weighted by molar-refractivity contribution is 5.76. The number of carbonyl (C=O) groups is 1. The summed E-state index contributed by atoms with van der Waals surface area (Å²) in [7, 11) is 0. The number of aliphatic hydroxyl groups excluding tert-OH is 7. The van der Waals surface area contributed by atoms with E-state index in [9.17, 15) is 35.4 Å². The number of allylic oxidation sites excluding steroid dienone is 2. The zero-order chi connectivity index (χ0) is 33.3. The van der Waals surface area contributed by atoms with E-state index < -0.39 is 84.0 Å². The van der Waals surface area contributed by atoms with Crippen molar-refractivity contribution >= 4 is 5.97 Å². The van der Waals surface area contributed by atoms with Crippen molar-refractivity contribution < 1.29 is 50.8 Å². The highest BCUT2D eigenvalue weighted by Crippen LogP contribution is 2.75. The largest absolute Gasteiger partial charge is 0.481 e. The van der Waals surface area contributed by atoms with Gasteiger partial charge < -0.3 is 51.7 Å². The fourth-order valence-electron chi connectivity index (χ4n) is 10.9. The van der Waals surface area contributed by atoms with Crippen molar-refractivity contribution in [1.29, 1.82) is 0 Å². The van der Waals surface area contributed by atoms with Crippen molar-refractivity contribution in [3.63, 3.8) is 0 Å². The minimum absolute atomic E-state index is 0.0129. The molecule has 0 radical (unpaired) electrons. The van der Waals surface area contributed by atoms with Crippen LogP contribution in [0.5, 0.6) is 0 Å². The summed E-state index contributed by atoms with van der Waals surface area (Å²) >= 11 is 0. The first-order chi connectivity index (χ1) is 20.3. The third kappa shape index (κ3) is 4.83. The fourth-order valence-corrected chi connectivity index (χ4v) is 10.9. The first-order valence-electron chi connectivity index (χ1n) is 16.3. The Balaban J connectivity index is 0.000000488. The SMILES string of the molecule is CC1CCC2(C(=O)O)CCC3(C)C(=CCC4C5(C)CC(O)C(O)C(O)(CO)C5C(O)CC43C)C2C1C.NC(CO)(CO)CO. The highest BCUT2D eigenvalue weighted by Gasteiger charge is 2.73. The van der Waals surface area contributed by atoms with Crippen LogP contribution in [0.3, 0.4) is 0 Å². The number of nitrogens with two attached hydrogens (primary N) is 1. The molecule has 11 nitrogen and oxygen atoms in total. The third-order valence-electron chi connectivity index (χ3n) is 13.9. The molecule has 0 aromatic heterocycles. The van der Waals surface area contributed by atoms with Crippen LogP contribution in [0.1, 0.15) is 79.6 Å². The predicted molar refractivity (Wildman–Crippen MR) is 162 cm³/mol. The lowest BCUT2D eigenvalue weighted by Crippen LogP contribution is -2.74. The number of hydrogen-bond acceptors (Lipinski definition) is 10. The molecule has 0 amide bonds. The number of rotatable bonds is 5. The summed E-state index contributed by atoms with van der Waals surface area (Å²) in [6, 6.07) is 0. The van der Waals surface area contributed by atoms with E-state index in [1.54, 1.807) is 0 Å². The Labute approximate surface area is 260 Å². The normalized spacial score (nSPS) is 50.1.